The van der Waals surface area contributed by atoms with Gasteiger partial charge >= 0.3 is 0 Å². The third kappa shape index (κ3) is 2.22. The highest BCUT2D eigenvalue weighted by atomic mass is 16.5. The molecule has 0 spiro atoms. The predicted molar refractivity (Wildman–Crippen MR) is 83.5 cm³/mol. The number of aryl methyl sites for hydroxylation is 1. The predicted octanol–water partition coefficient (Wildman–Crippen LogP) is 2.04. The van der Waals surface area contributed by atoms with Gasteiger partial charge in [-0.1, -0.05) is 13.8 Å². The lowest BCUT2D eigenvalue weighted by Gasteiger charge is -2.56. The third-order valence-corrected chi connectivity index (χ3v) is 5.98. The molecule has 2 aliphatic heterocycles. The molecule has 1 N–H and O–H groups in total. The van der Waals surface area contributed by atoms with E-state index < -0.39 is 0 Å². The first kappa shape index (κ1) is 14.7. The Morgan fingerprint density at radius 1 is 1.27 bits per heavy atom. The van der Waals surface area contributed by atoms with E-state index >= 15 is 0 Å². The van der Waals surface area contributed by atoms with Crippen LogP contribution in [0.2, 0.25) is 0 Å². The average molecular weight is 305 g/mol. The standard InChI is InChI=1S/C17H27N3O2/c1-17(2)15(12-5-7-22-16(12)17)19-11-4-6-21-14(8-11)13-9-18-10-20(13)3/h9-12,14-16,19H,4-8H2,1-3H3. The van der Waals surface area contributed by atoms with Crippen molar-refractivity contribution in [1.82, 2.24) is 14.9 Å². The summed E-state index contributed by atoms with van der Waals surface area (Å²) in [6.07, 6.45) is 7.74. The zero-order valence-corrected chi connectivity index (χ0v) is 13.8. The zero-order chi connectivity index (χ0) is 15.3. The number of imidazole rings is 1. The Labute approximate surface area is 132 Å². The molecule has 122 valence electrons. The van der Waals surface area contributed by atoms with Crippen LogP contribution >= 0.6 is 0 Å². The number of hydrogen-bond acceptors (Lipinski definition) is 4. The molecule has 22 heavy (non-hydrogen) atoms. The van der Waals surface area contributed by atoms with Crippen LogP contribution in [-0.4, -0.2) is 41.0 Å². The molecule has 3 fully saturated rings. The topological polar surface area (TPSA) is 48.3 Å². The molecule has 5 unspecified atom stereocenters. The molecule has 0 aromatic carbocycles. The number of hydrogen-bond donors (Lipinski definition) is 1. The van der Waals surface area contributed by atoms with E-state index in [0.29, 0.717) is 24.1 Å². The molecule has 3 heterocycles. The normalized spacial score (nSPS) is 40.2. The van der Waals surface area contributed by atoms with Crippen LogP contribution in [0.4, 0.5) is 0 Å². The summed E-state index contributed by atoms with van der Waals surface area (Å²) in [6.45, 7) is 6.44. The third-order valence-electron chi connectivity index (χ3n) is 5.98. The van der Waals surface area contributed by atoms with Gasteiger partial charge in [-0.25, -0.2) is 4.98 Å². The highest BCUT2D eigenvalue weighted by Crippen LogP contribution is 2.52. The smallest absolute Gasteiger partial charge is 0.100 e. The summed E-state index contributed by atoms with van der Waals surface area (Å²) >= 11 is 0. The molecule has 0 bridgehead atoms. The number of nitrogens with one attached hydrogen (secondary N) is 1. The Morgan fingerprint density at radius 2 is 2.09 bits per heavy atom. The van der Waals surface area contributed by atoms with Crippen LogP contribution in [0.1, 0.15) is 44.9 Å². The van der Waals surface area contributed by atoms with E-state index in [2.05, 4.69) is 28.7 Å². The van der Waals surface area contributed by atoms with Gasteiger partial charge in [0, 0.05) is 43.7 Å². The van der Waals surface area contributed by atoms with Gasteiger partial charge in [-0.05, 0) is 19.3 Å². The second kappa shape index (κ2) is 5.32. The van der Waals surface area contributed by atoms with Crippen LogP contribution in [0.25, 0.3) is 0 Å². The SMILES string of the molecule is Cn1cncc1C1CC(NC2C3CCOC3C2(C)C)CCO1. The van der Waals surface area contributed by atoms with E-state index in [1.165, 1.54) is 12.1 Å². The summed E-state index contributed by atoms with van der Waals surface area (Å²) in [4.78, 5) is 4.22. The Hall–Kier alpha value is -0.910. The maximum atomic E-state index is 5.98. The Bertz CT molecular complexity index is 542. The first-order chi connectivity index (χ1) is 10.6. The zero-order valence-electron chi connectivity index (χ0n) is 13.8. The monoisotopic (exact) mass is 305 g/mol. The lowest BCUT2D eigenvalue weighted by atomic mass is 9.57. The van der Waals surface area contributed by atoms with Crippen LogP contribution in [0.15, 0.2) is 12.5 Å². The Kier molecular flexibility index (Phi) is 3.55. The van der Waals surface area contributed by atoms with Crippen molar-refractivity contribution in [3.05, 3.63) is 18.2 Å². The van der Waals surface area contributed by atoms with E-state index in [1.54, 1.807) is 0 Å². The van der Waals surface area contributed by atoms with E-state index in [1.807, 2.05) is 19.6 Å². The van der Waals surface area contributed by atoms with Crippen molar-refractivity contribution in [2.45, 2.75) is 57.4 Å². The number of rotatable bonds is 3. The summed E-state index contributed by atoms with van der Waals surface area (Å²) in [5.74, 6) is 0.702. The lowest BCUT2D eigenvalue weighted by molar-refractivity contribution is -0.120. The Balaban J connectivity index is 1.42. The van der Waals surface area contributed by atoms with Gasteiger partial charge in [0.2, 0.25) is 0 Å². The maximum absolute atomic E-state index is 5.98. The first-order valence-corrected chi connectivity index (χ1v) is 8.53. The van der Waals surface area contributed by atoms with Crippen molar-refractivity contribution >= 4 is 0 Å². The van der Waals surface area contributed by atoms with E-state index in [-0.39, 0.29) is 11.5 Å². The van der Waals surface area contributed by atoms with Gasteiger partial charge in [0.05, 0.1) is 24.3 Å². The number of nitrogens with zero attached hydrogens (tertiary/aromatic N) is 2. The highest BCUT2D eigenvalue weighted by Gasteiger charge is 2.59. The summed E-state index contributed by atoms with van der Waals surface area (Å²) in [5, 5.41) is 3.94. The lowest BCUT2D eigenvalue weighted by Crippen LogP contribution is -2.67. The quantitative estimate of drug-likeness (QED) is 0.928. The summed E-state index contributed by atoms with van der Waals surface area (Å²) in [7, 11) is 2.04. The van der Waals surface area contributed by atoms with Gasteiger partial charge in [-0.15, -0.1) is 0 Å². The van der Waals surface area contributed by atoms with Gasteiger partial charge in [-0.3, -0.25) is 0 Å². The molecule has 1 saturated carbocycles. The molecular formula is C17H27N3O2. The number of aromatic nitrogens is 2. The molecule has 1 aromatic rings. The van der Waals surface area contributed by atoms with Crippen LogP contribution in [0, 0.1) is 11.3 Å². The fourth-order valence-corrected chi connectivity index (χ4v) is 4.75. The fourth-order valence-electron chi connectivity index (χ4n) is 4.75. The van der Waals surface area contributed by atoms with Crippen LogP contribution in [-0.2, 0) is 16.5 Å². The van der Waals surface area contributed by atoms with Crippen LogP contribution in [0.3, 0.4) is 0 Å². The highest BCUT2D eigenvalue weighted by molar-refractivity contribution is 5.12. The number of ether oxygens (including phenoxy) is 2. The summed E-state index contributed by atoms with van der Waals surface area (Å²) in [5.41, 5.74) is 1.43. The van der Waals surface area contributed by atoms with Gasteiger partial charge < -0.3 is 19.4 Å². The molecule has 1 aromatic heterocycles. The van der Waals surface area contributed by atoms with Crippen molar-refractivity contribution in [2.75, 3.05) is 13.2 Å². The second-order valence-corrected chi connectivity index (χ2v) is 7.72. The average Bonchev–Trinajstić information content (AvgIpc) is 3.12. The van der Waals surface area contributed by atoms with Crippen molar-refractivity contribution < 1.29 is 9.47 Å². The van der Waals surface area contributed by atoms with Gasteiger partial charge in [0.15, 0.2) is 0 Å². The second-order valence-electron chi connectivity index (χ2n) is 7.72. The van der Waals surface area contributed by atoms with E-state index in [9.17, 15) is 0 Å². The molecule has 5 heteroatoms. The maximum Gasteiger partial charge on any atom is 0.100 e. The molecule has 5 atom stereocenters. The van der Waals surface area contributed by atoms with Crippen molar-refractivity contribution in [3.63, 3.8) is 0 Å². The fraction of sp³-hybridized carbons (Fsp3) is 0.824. The van der Waals surface area contributed by atoms with Gasteiger partial charge in [0.1, 0.15) is 6.10 Å². The molecule has 5 nitrogen and oxygen atoms in total. The Morgan fingerprint density at radius 3 is 2.86 bits per heavy atom. The van der Waals surface area contributed by atoms with E-state index in [4.69, 9.17) is 9.47 Å². The number of fused-ring (bicyclic) bond motifs is 1. The van der Waals surface area contributed by atoms with Crippen molar-refractivity contribution in [1.29, 1.82) is 0 Å². The molecule has 2 saturated heterocycles. The van der Waals surface area contributed by atoms with Crippen molar-refractivity contribution in [3.8, 4) is 0 Å². The first-order valence-electron chi connectivity index (χ1n) is 8.53. The molecule has 3 aliphatic rings. The van der Waals surface area contributed by atoms with E-state index in [0.717, 1.165) is 26.1 Å². The minimum atomic E-state index is 0.164. The van der Waals surface area contributed by atoms with Crippen LogP contribution in [0.5, 0.6) is 0 Å². The molecule has 1 aliphatic carbocycles. The minimum Gasteiger partial charge on any atom is -0.377 e. The van der Waals surface area contributed by atoms with Gasteiger partial charge in [0.25, 0.3) is 0 Å². The molecular weight excluding hydrogens is 278 g/mol. The summed E-state index contributed by atoms with van der Waals surface area (Å²) < 4.78 is 14.0. The van der Waals surface area contributed by atoms with Crippen LogP contribution < -0.4 is 5.32 Å². The summed E-state index contributed by atoms with van der Waals surface area (Å²) in [6, 6.07) is 1.11. The molecule has 4 rings (SSSR count). The molecule has 0 radical (unpaired) electrons. The van der Waals surface area contributed by atoms with Gasteiger partial charge in [-0.2, -0.15) is 0 Å². The van der Waals surface area contributed by atoms with Crippen molar-refractivity contribution in [2.24, 2.45) is 18.4 Å². The minimum absolute atomic E-state index is 0.164. The molecule has 0 amide bonds. The largest absolute Gasteiger partial charge is 0.377 e.